The smallest absolute Gasteiger partial charge is 0.138 e. The van der Waals surface area contributed by atoms with Crippen molar-refractivity contribution in [3.8, 4) is 11.8 Å². The topological polar surface area (TPSA) is 56.5 Å². The SMILES string of the molecule is N#Cc1c(Cl)cccc1OC[C@@H](O)CN1CCC(Cc2ccccc2)CC1. The van der Waals surface area contributed by atoms with E-state index in [9.17, 15) is 10.4 Å². The van der Waals surface area contributed by atoms with E-state index < -0.39 is 6.10 Å². The number of β-amino-alcohol motifs (C(OH)–C–C–N with tert-alkyl or cyclic N) is 1. The minimum absolute atomic E-state index is 0.152. The Bertz CT molecular complexity index is 768. The van der Waals surface area contributed by atoms with Gasteiger partial charge < -0.3 is 14.7 Å². The van der Waals surface area contributed by atoms with E-state index >= 15 is 0 Å². The molecule has 1 atom stereocenters. The van der Waals surface area contributed by atoms with Crippen molar-refractivity contribution in [1.82, 2.24) is 4.90 Å². The summed E-state index contributed by atoms with van der Waals surface area (Å²) < 4.78 is 5.63. The first-order chi connectivity index (χ1) is 13.2. The molecule has 0 amide bonds. The molecule has 142 valence electrons. The van der Waals surface area contributed by atoms with Gasteiger partial charge in [0.1, 0.15) is 30.1 Å². The van der Waals surface area contributed by atoms with Crippen LogP contribution >= 0.6 is 11.6 Å². The Balaban J connectivity index is 1.41. The molecule has 1 saturated heterocycles. The zero-order valence-electron chi connectivity index (χ0n) is 15.4. The normalized spacial score (nSPS) is 16.6. The van der Waals surface area contributed by atoms with Gasteiger partial charge in [0.15, 0.2) is 0 Å². The van der Waals surface area contributed by atoms with Crippen molar-refractivity contribution in [3.05, 3.63) is 64.7 Å². The summed E-state index contributed by atoms with van der Waals surface area (Å²) in [7, 11) is 0. The lowest BCUT2D eigenvalue weighted by atomic mass is 9.90. The number of piperidine rings is 1. The highest BCUT2D eigenvalue weighted by Gasteiger charge is 2.21. The van der Waals surface area contributed by atoms with Gasteiger partial charge in [-0.2, -0.15) is 5.26 Å². The van der Waals surface area contributed by atoms with E-state index in [1.807, 2.05) is 6.07 Å². The van der Waals surface area contributed by atoms with Gasteiger partial charge in [-0.05, 0) is 56.0 Å². The van der Waals surface area contributed by atoms with Crippen molar-refractivity contribution in [2.45, 2.75) is 25.4 Å². The first kappa shape index (κ1) is 19.7. The summed E-state index contributed by atoms with van der Waals surface area (Å²) in [4.78, 5) is 2.29. The van der Waals surface area contributed by atoms with Crippen molar-refractivity contribution in [2.75, 3.05) is 26.2 Å². The van der Waals surface area contributed by atoms with E-state index in [2.05, 4.69) is 35.2 Å². The molecule has 1 aliphatic heterocycles. The van der Waals surface area contributed by atoms with Crippen LogP contribution in [0.15, 0.2) is 48.5 Å². The second kappa shape index (κ2) is 9.75. The number of benzene rings is 2. The number of nitriles is 1. The third-order valence-electron chi connectivity index (χ3n) is 5.06. The van der Waals surface area contributed by atoms with Crippen LogP contribution in [0.2, 0.25) is 5.02 Å². The van der Waals surface area contributed by atoms with Gasteiger partial charge in [-0.25, -0.2) is 0 Å². The van der Waals surface area contributed by atoms with Gasteiger partial charge in [-0.1, -0.05) is 48.0 Å². The van der Waals surface area contributed by atoms with Crippen molar-refractivity contribution in [3.63, 3.8) is 0 Å². The average Bonchev–Trinajstić information content (AvgIpc) is 2.69. The van der Waals surface area contributed by atoms with Crippen molar-refractivity contribution in [2.24, 2.45) is 5.92 Å². The monoisotopic (exact) mass is 384 g/mol. The molecule has 0 unspecified atom stereocenters. The van der Waals surface area contributed by atoms with Crippen LogP contribution in [0.5, 0.6) is 5.75 Å². The molecular weight excluding hydrogens is 360 g/mol. The van der Waals surface area contributed by atoms with Gasteiger partial charge in [0.2, 0.25) is 0 Å². The third-order valence-corrected chi connectivity index (χ3v) is 5.38. The van der Waals surface area contributed by atoms with E-state index in [0.717, 1.165) is 32.4 Å². The van der Waals surface area contributed by atoms with Gasteiger partial charge in [-0.3, -0.25) is 0 Å². The van der Waals surface area contributed by atoms with Crippen molar-refractivity contribution >= 4 is 11.6 Å². The standard InChI is InChI=1S/C22H25ClN2O2/c23-21-7-4-8-22(20(21)14-24)27-16-19(26)15-25-11-9-18(10-12-25)13-17-5-2-1-3-6-17/h1-8,18-19,26H,9-13,15-16H2/t19-/m0/s1. The maximum atomic E-state index is 10.3. The van der Waals surface area contributed by atoms with Crippen LogP contribution in [0.1, 0.15) is 24.0 Å². The zero-order chi connectivity index (χ0) is 19.1. The number of rotatable bonds is 7. The van der Waals surface area contributed by atoms with Crippen LogP contribution in [0.4, 0.5) is 0 Å². The summed E-state index contributed by atoms with van der Waals surface area (Å²) in [5.41, 5.74) is 1.72. The highest BCUT2D eigenvalue weighted by atomic mass is 35.5. The zero-order valence-corrected chi connectivity index (χ0v) is 16.1. The Morgan fingerprint density at radius 3 is 2.59 bits per heavy atom. The molecule has 27 heavy (non-hydrogen) atoms. The van der Waals surface area contributed by atoms with Crippen LogP contribution < -0.4 is 4.74 Å². The molecule has 1 heterocycles. The minimum atomic E-state index is -0.596. The predicted octanol–water partition coefficient (Wildman–Crippen LogP) is 3.91. The fourth-order valence-corrected chi connectivity index (χ4v) is 3.80. The number of likely N-dealkylation sites (tertiary alicyclic amines) is 1. The Labute approximate surface area is 165 Å². The van der Waals surface area contributed by atoms with Gasteiger partial charge in [0.25, 0.3) is 0 Å². The molecule has 0 bridgehead atoms. The number of aliphatic hydroxyl groups is 1. The number of ether oxygens (including phenoxy) is 1. The molecule has 1 fully saturated rings. The summed E-state index contributed by atoms with van der Waals surface area (Å²) in [6.45, 7) is 2.73. The largest absolute Gasteiger partial charge is 0.489 e. The molecule has 0 saturated carbocycles. The molecule has 0 spiro atoms. The summed E-state index contributed by atoms with van der Waals surface area (Å²) in [5, 5.41) is 19.9. The van der Waals surface area contributed by atoms with E-state index in [1.54, 1.807) is 18.2 Å². The first-order valence-electron chi connectivity index (χ1n) is 9.41. The Morgan fingerprint density at radius 1 is 1.15 bits per heavy atom. The van der Waals surface area contributed by atoms with Crippen molar-refractivity contribution < 1.29 is 9.84 Å². The molecule has 0 aromatic heterocycles. The molecule has 3 rings (SSSR count). The van der Waals surface area contributed by atoms with Crippen LogP contribution in [0, 0.1) is 17.2 Å². The number of hydrogen-bond acceptors (Lipinski definition) is 4. The Morgan fingerprint density at radius 2 is 1.89 bits per heavy atom. The molecule has 2 aromatic carbocycles. The summed E-state index contributed by atoms with van der Waals surface area (Å²) in [5.74, 6) is 1.13. The van der Waals surface area contributed by atoms with Crippen molar-refractivity contribution in [1.29, 1.82) is 5.26 Å². The molecule has 4 nitrogen and oxygen atoms in total. The molecular formula is C22H25ClN2O2. The maximum Gasteiger partial charge on any atom is 0.138 e. The highest BCUT2D eigenvalue weighted by molar-refractivity contribution is 6.31. The average molecular weight is 385 g/mol. The number of aliphatic hydroxyl groups excluding tert-OH is 1. The van der Waals surface area contributed by atoms with Crippen LogP contribution in [0.3, 0.4) is 0 Å². The number of nitrogens with zero attached hydrogens (tertiary/aromatic N) is 2. The third kappa shape index (κ3) is 5.71. The molecule has 1 N–H and O–H groups in total. The summed E-state index contributed by atoms with van der Waals surface area (Å²) in [6, 6.07) is 17.8. The van der Waals surface area contributed by atoms with E-state index in [1.165, 1.54) is 5.56 Å². The fraction of sp³-hybridized carbons (Fsp3) is 0.409. The summed E-state index contributed by atoms with van der Waals surface area (Å²) >= 11 is 6.00. The van der Waals surface area contributed by atoms with E-state index in [0.29, 0.717) is 28.8 Å². The minimum Gasteiger partial charge on any atom is -0.489 e. The summed E-state index contributed by atoms with van der Waals surface area (Å²) in [6.07, 6.45) is 2.83. The van der Waals surface area contributed by atoms with E-state index in [4.69, 9.17) is 16.3 Å². The van der Waals surface area contributed by atoms with Gasteiger partial charge in [0.05, 0.1) is 5.02 Å². The molecule has 5 heteroatoms. The van der Waals surface area contributed by atoms with Crippen LogP contribution in [-0.2, 0) is 6.42 Å². The molecule has 0 radical (unpaired) electrons. The Hall–Kier alpha value is -2.06. The molecule has 2 aromatic rings. The second-order valence-electron chi connectivity index (χ2n) is 7.12. The number of hydrogen-bond donors (Lipinski definition) is 1. The predicted molar refractivity (Wildman–Crippen MR) is 107 cm³/mol. The molecule has 1 aliphatic rings. The second-order valence-corrected chi connectivity index (χ2v) is 7.53. The lowest BCUT2D eigenvalue weighted by Gasteiger charge is -2.33. The van der Waals surface area contributed by atoms with Gasteiger partial charge in [0, 0.05) is 6.54 Å². The van der Waals surface area contributed by atoms with E-state index in [-0.39, 0.29) is 6.61 Å². The maximum absolute atomic E-state index is 10.3. The highest BCUT2D eigenvalue weighted by Crippen LogP contribution is 2.26. The van der Waals surface area contributed by atoms with Gasteiger partial charge in [-0.15, -0.1) is 0 Å². The lowest BCUT2D eigenvalue weighted by molar-refractivity contribution is 0.0550. The fourth-order valence-electron chi connectivity index (χ4n) is 3.59. The van der Waals surface area contributed by atoms with Crippen LogP contribution in [-0.4, -0.2) is 42.4 Å². The quantitative estimate of drug-likeness (QED) is 0.786. The molecule has 0 aliphatic carbocycles. The number of halogens is 1. The Kier molecular flexibility index (Phi) is 7.11. The lowest BCUT2D eigenvalue weighted by Crippen LogP contribution is -2.41. The first-order valence-corrected chi connectivity index (χ1v) is 9.79. The van der Waals surface area contributed by atoms with Crippen LogP contribution in [0.25, 0.3) is 0 Å². The van der Waals surface area contributed by atoms with Gasteiger partial charge >= 0.3 is 0 Å².